The molecule has 0 aliphatic carbocycles. The molecule has 0 aliphatic rings. The number of hydrogen-bond acceptors (Lipinski definition) is 3. The van der Waals surface area contributed by atoms with Crippen LogP contribution in [0.1, 0.15) is 13.8 Å². The van der Waals surface area contributed by atoms with Gasteiger partial charge in [-0.25, -0.2) is 0 Å². The van der Waals surface area contributed by atoms with Crippen LogP contribution in [-0.2, 0) is 0 Å². The van der Waals surface area contributed by atoms with Crippen LogP contribution >= 0.6 is 0 Å². The molecule has 0 heterocycles. The first-order chi connectivity index (χ1) is 8.81. The minimum absolute atomic E-state index is 0.496. The fourth-order valence-corrected chi connectivity index (χ4v) is 1.66. The molecule has 0 atom stereocenters. The van der Waals surface area contributed by atoms with E-state index >= 15 is 0 Å². The summed E-state index contributed by atoms with van der Waals surface area (Å²) in [6, 6.07) is 7.74. The number of rotatable bonds is 9. The first-order valence-corrected chi connectivity index (χ1v) is 6.49. The summed E-state index contributed by atoms with van der Waals surface area (Å²) in [5.74, 6) is 1.57. The van der Waals surface area contributed by atoms with Crippen LogP contribution in [0.5, 0.6) is 11.5 Å². The van der Waals surface area contributed by atoms with E-state index in [1.54, 1.807) is 6.08 Å². The highest BCUT2D eigenvalue weighted by Gasteiger charge is 2.04. The zero-order valence-corrected chi connectivity index (χ0v) is 11.4. The Morgan fingerprint density at radius 3 is 2.28 bits per heavy atom. The average molecular weight is 249 g/mol. The van der Waals surface area contributed by atoms with Gasteiger partial charge in [0.25, 0.3) is 0 Å². The Morgan fingerprint density at radius 1 is 1.11 bits per heavy atom. The van der Waals surface area contributed by atoms with Crippen molar-refractivity contribution >= 4 is 0 Å². The van der Waals surface area contributed by atoms with Gasteiger partial charge in [-0.15, -0.1) is 0 Å². The van der Waals surface area contributed by atoms with Gasteiger partial charge in [0.1, 0.15) is 13.2 Å². The maximum atomic E-state index is 5.77. The molecule has 0 N–H and O–H groups in total. The molecule has 0 spiro atoms. The van der Waals surface area contributed by atoms with Gasteiger partial charge >= 0.3 is 0 Å². The van der Waals surface area contributed by atoms with Crippen LogP contribution in [0, 0.1) is 0 Å². The quantitative estimate of drug-likeness (QED) is 0.628. The topological polar surface area (TPSA) is 21.7 Å². The summed E-state index contributed by atoms with van der Waals surface area (Å²) in [7, 11) is 0. The number of para-hydroxylation sites is 2. The summed E-state index contributed by atoms with van der Waals surface area (Å²) in [5.41, 5.74) is 0. The van der Waals surface area contributed by atoms with E-state index in [0.29, 0.717) is 13.2 Å². The standard InChI is InChI=1S/C15H23NO2/c1-4-12-17-14-9-7-8-10-15(14)18-13-11-16(5-2)6-3/h4,7-10H,1,5-6,11-13H2,2-3H3. The average Bonchev–Trinajstić information content (AvgIpc) is 2.42. The lowest BCUT2D eigenvalue weighted by atomic mass is 10.3. The van der Waals surface area contributed by atoms with Crippen LogP contribution in [0.2, 0.25) is 0 Å². The molecule has 0 unspecified atom stereocenters. The second kappa shape index (κ2) is 8.59. The third-order valence-electron chi connectivity index (χ3n) is 2.77. The molecule has 0 saturated carbocycles. The predicted octanol–water partition coefficient (Wildman–Crippen LogP) is 2.97. The monoisotopic (exact) mass is 249 g/mol. The molecule has 0 bridgehead atoms. The van der Waals surface area contributed by atoms with Gasteiger partial charge in [0.15, 0.2) is 11.5 Å². The molecular weight excluding hydrogens is 226 g/mol. The van der Waals surface area contributed by atoms with Crippen molar-refractivity contribution in [3.8, 4) is 11.5 Å². The molecule has 0 aliphatic heterocycles. The molecular formula is C15H23NO2. The van der Waals surface area contributed by atoms with E-state index < -0.39 is 0 Å². The number of ether oxygens (including phenoxy) is 2. The van der Waals surface area contributed by atoms with Gasteiger partial charge in [-0.05, 0) is 25.2 Å². The zero-order valence-electron chi connectivity index (χ0n) is 11.4. The zero-order chi connectivity index (χ0) is 13.2. The molecule has 3 nitrogen and oxygen atoms in total. The molecule has 3 heteroatoms. The second-order valence-electron chi connectivity index (χ2n) is 3.92. The van der Waals surface area contributed by atoms with Crippen molar-refractivity contribution in [1.29, 1.82) is 0 Å². The Bertz CT molecular complexity index is 348. The van der Waals surface area contributed by atoms with E-state index in [2.05, 4.69) is 25.3 Å². The molecule has 0 fully saturated rings. The van der Waals surface area contributed by atoms with Crippen molar-refractivity contribution in [3.63, 3.8) is 0 Å². The lowest BCUT2D eigenvalue weighted by molar-refractivity contribution is 0.215. The maximum absolute atomic E-state index is 5.77. The first kappa shape index (κ1) is 14.6. The van der Waals surface area contributed by atoms with Crippen molar-refractivity contribution < 1.29 is 9.47 Å². The lowest BCUT2D eigenvalue weighted by Gasteiger charge is -2.18. The maximum Gasteiger partial charge on any atom is 0.161 e. The van der Waals surface area contributed by atoms with Crippen LogP contribution in [-0.4, -0.2) is 37.7 Å². The third kappa shape index (κ3) is 4.80. The van der Waals surface area contributed by atoms with Gasteiger partial charge in [-0.2, -0.15) is 0 Å². The van der Waals surface area contributed by atoms with Gasteiger partial charge in [-0.1, -0.05) is 38.6 Å². The SMILES string of the molecule is C=CCOc1ccccc1OCCN(CC)CC. The molecule has 1 rings (SSSR count). The number of benzene rings is 1. The van der Waals surface area contributed by atoms with Crippen molar-refractivity contribution in [1.82, 2.24) is 4.90 Å². The summed E-state index contributed by atoms with van der Waals surface area (Å²) in [4.78, 5) is 2.33. The van der Waals surface area contributed by atoms with Gasteiger partial charge in [-0.3, -0.25) is 0 Å². The Balaban J connectivity index is 2.47. The van der Waals surface area contributed by atoms with Crippen LogP contribution in [0.25, 0.3) is 0 Å². The molecule has 1 aromatic carbocycles. The highest BCUT2D eigenvalue weighted by Crippen LogP contribution is 2.26. The highest BCUT2D eigenvalue weighted by atomic mass is 16.5. The largest absolute Gasteiger partial charge is 0.488 e. The van der Waals surface area contributed by atoms with Crippen molar-refractivity contribution in [2.45, 2.75) is 13.8 Å². The Morgan fingerprint density at radius 2 is 1.72 bits per heavy atom. The normalized spacial score (nSPS) is 10.4. The summed E-state index contributed by atoms with van der Waals surface area (Å²) >= 11 is 0. The van der Waals surface area contributed by atoms with Gasteiger partial charge in [0, 0.05) is 6.54 Å². The minimum Gasteiger partial charge on any atom is -0.488 e. The summed E-state index contributed by atoms with van der Waals surface area (Å²) in [5, 5.41) is 0. The summed E-state index contributed by atoms with van der Waals surface area (Å²) < 4.78 is 11.3. The predicted molar refractivity (Wildman–Crippen MR) is 75.4 cm³/mol. The highest BCUT2D eigenvalue weighted by molar-refractivity contribution is 5.39. The molecule has 0 amide bonds. The fraction of sp³-hybridized carbons (Fsp3) is 0.467. The summed E-state index contributed by atoms with van der Waals surface area (Å²) in [6.45, 7) is 12.2. The smallest absolute Gasteiger partial charge is 0.161 e. The summed E-state index contributed by atoms with van der Waals surface area (Å²) in [6.07, 6.45) is 1.73. The first-order valence-electron chi connectivity index (χ1n) is 6.49. The van der Waals surface area contributed by atoms with E-state index in [1.165, 1.54) is 0 Å². The van der Waals surface area contributed by atoms with Gasteiger partial charge < -0.3 is 14.4 Å². The van der Waals surface area contributed by atoms with Gasteiger partial charge in [0.05, 0.1) is 0 Å². The van der Waals surface area contributed by atoms with Crippen LogP contribution < -0.4 is 9.47 Å². The van der Waals surface area contributed by atoms with Crippen LogP contribution in [0.4, 0.5) is 0 Å². The Kier molecular flexibility index (Phi) is 6.96. The van der Waals surface area contributed by atoms with E-state index in [-0.39, 0.29) is 0 Å². The van der Waals surface area contributed by atoms with E-state index in [0.717, 1.165) is 31.1 Å². The van der Waals surface area contributed by atoms with Crippen LogP contribution in [0.15, 0.2) is 36.9 Å². The van der Waals surface area contributed by atoms with Crippen molar-refractivity contribution in [2.75, 3.05) is 32.8 Å². The van der Waals surface area contributed by atoms with Gasteiger partial charge in [0.2, 0.25) is 0 Å². The molecule has 1 aromatic rings. The fourth-order valence-electron chi connectivity index (χ4n) is 1.66. The van der Waals surface area contributed by atoms with Crippen molar-refractivity contribution in [3.05, 3.63) is 36.9 Å². The molecule has 0 saturated heterocycles. The lowest BCUT2D eigenvalue weighted by Crippen LogP contribution is -2.27. The minimum atomic E-state index is 0.496. The molecule has 100 valence electrons. The third-order valence-corrected chi connectivity index (χ3v) is 2.77. The van der Waals surface area contributed by atoms with Crippen molar-refractivity contribution in [2.24, 2.45) is 0 Å². The van der Waals surface area contributed by atoms with E-state index in [4.69, 9.17) is 9.47 Å². The molecule has 0 radical (unpaired) electrons. The number of hydrogen-bond donors (Lipinski definition) is 0. The molecule has 0 aromatic heterocycles. The van der Waals surface area contributed by atoms with E-state index in [1.807, 2.05) is 24.3 Å². The Hall–Kier alpha value is -1.48. The second-order valence-corrected chi connectivity index (χ2v) is 3.92. The number of likely N-dealkylation sites (N-methyl/N-ethyl adjacent to an activating group) is 1. The number of nitrogens with zero attached hydrogens (tertiary/aromatic N) is 1. The van der Waals surface area contributed by atoms with Crippen LogP contribution in [0.3, 0.4) is 0 Å². The van der Waals surface area contributed by atoms with E-state index in [9.17, 15) is 0 Å². The molecule has 18 heavy (non-hydrogen) atoms. The Labute approximate surface area is 110 Å².